The van der Waals surface area contributed by atoms with Crippen molar-refractivity contribution in [3.8, 4) is 22.6 Å². The molecule has 0 saturated carbocycles. The van der Waals surface area contributed by atoms with Crippen molar-refractivity contribution in [1.29, 1.82) is 0 Å². The van der Waals surface area contributed by atoms with Gasteiger partial charge >= 0.3 is 6.03 Å². The molecule has 0 spiro atoms. The second-order valence-electron chi connectivity index (χ2n) is 6.89. The van der Waals surface area contributed by atoms with Gasteiger partial charge in [0.2, 0.25) is 0 Å². The molecule has 0 aliphatic rings. The first-order chi connectivity index (χ1) is 15.7. The SMILES string of the molecule is O=C(Nc1cccc(-c2ccc3nnc(-c4ccncc4)n3n2)c1)Nc1ccccc1F. The number of nitrogens with zero attached hydrogens (tertiary/aromatic N) is 5. The molecule has 0 aliphatic carbocycles. The molecule has 0 atom stereocenters. The summed E-state index contributed by atoms with van der Waals surface area (Å²) in [6.45, 7) is 0. The Morgan fingerprint density at radius 2 is 1.69 bits per heavy atom. The monoisotopic (exact) mass is 425 g/mol. The van der Waals surface area contributed by atoms with E-state index in [9.17, 15) is 9.18 Å². The van der Waals surface area contributed by atoms with E-state index in [1.54, 1.807) is 47.2 Å². The van der Waals surface area contributed by atoms with E-state index in [2.05, 4.69) is 30.9 Å². The van der Waals surface area contributed by atoms with Crippen molar-refractivity contribution in [2.45, 2.75) is 0 Å². The molecule has 2 N–H and O–H groups in total. The number of amides is 2. The number of anilines is 2. The first-order valence-corrected chi connectivity index (χ1v) is 9.73. The van der Waals surface area contributed by atoms with E-state index in [1.807, 2.05) is 30.3 Å². The molecule has 0 bridgehead atoms. The fourth-order valence-electron chi connectivity index (χ4n) is 3.23. The van der Waals surface area contributed by atoms with E-state index in [-0.39, 0.29) is 5.69 Å². The number of urea groups is 1. The molecule has 2 aromatic carbocycles. The average molecular weight is 425 g/mol. The molecule has 3 heterocycles. The van der Waals surface area contributed by atoms with Crippen LogP contribution in [0, 0.1) is 5.82 Å². The predicted octanol–water partition coefficient (Wildman–Crippen LogP) is 4.64. The largest absolute Gasteiger partial charge is 0.323 e. The summed E-state index contributed by atoms with van der Waals surface area (Å²) in [4.78, 5) is 16.3. The number of para-hydroxylation sites is 1. The molecule has 5 rings (SSSR count). The minimum atomic E-state index is -0.547. The second kappa shape index (κ2) is 8.23. The Hall–Kier alpha value is -4.66. The number of hydrogen-bond donors (Lipinski definition) is 2. The minimum Gasteiger partial charge on any atom is -0.308 e. The Balaban J connectivity index is 1.41. The van der Waals surface area contributed by atoms with Gasteiger partial charge in [-0.05, 0) is 48.5 Å². The van der Waals surface area contributed by atoms with Crippen LogP contribution in [0.2, 0.25) is 0 Å². The molecule has 0 saturated heterocycles. The number of aromatic nitrogens is 5. The van der Waals surface area contributed by atoms with Gasteiger partial charge in [-0.15, -0.1) is 10.2 Å². The third-order valence-corrected chi connectivity index (χ3v) is 4.74. The van der Waals surface area contributed by atoms with E-state index in [0.717, 1.165) is 11.1 Å². The highest BCUT2D eigenvalue weighted by Gasteiger charge is 2.12. The Morgan fingerprint density at radius 3 is 2.53 bits per heavy atom. The standard InChI is InChI=1S/C23H16FN7O/c24-18-6-1-2-7-20(18)27-23(32)26-17-5-3-4-16(14-17)19-8-9-21-28-29-22(31(21)30-19)15-10-12-25-13-11-15/h1-14H,(H2,26,27,32). The van der Waals surface area contributed by atoms with Crippen LogP contribution in [-0.4, -0.2) is 30.8 Å². The van der Waals surface area contributed by atoms with Crippen LogP contribution in [0.15, 0.2) is 85.2 Å². The van der Waals surface area contributed by atoms with Gasteiger partial charge in [0.25, 0.3) is 0 Å². The number of carbonyl (C=O) groups is 1. The molecule has 9 heteroatoms. The molecular weight excluding hydrogens is 409 g/mol. The zero-order chi connectivity index (χ0) is 21.9. The van der Waals surface area contributed by atoms with Gasteiger partial charge < -0.3 is 10.6 Å². The summed E-state index contributed by atoms with van der Waals surface area (Å²) in [5, 5.41) is 18.3. The summed E-state index contributed by atoms with van der Waals surface area (Å²) in [7, 11) is 0. The van der Waals surface area contributed by atoms with Crippen LogP contribution in [0.5, 0.6) is 0 Å². The van der Waals surface area contributed by atoms with E-state index >= 15 is 0 Å². The number of benzene rings is 2. The van der Waals surface area contributed by atoms with Gasteiger partial charge in [0.1, 0.15) is 5.82 Å². The zero-order valence-electron chi connectivity index (χ0n) is 16.6. The smallest absolute Gasteiger partial charge is 0.308 e. The zero-order valence-corrected chi connectivity index (χ0v) is 16.6. The van der Waals surface area contributed by atoms with Crippen molar-refractivity contribution in [2.75, 3.05) is 10.6 Å². The quantitative estimate of drug-likeness (QED) is 0.437. The maximum Gasteiger partial charge on any atom is 0.323 e. The Kier molecular flexibility index (Phi) is 4.97. The number of hydrogen-bond acceptors (Lipinski definition) is 5. The lowest BCUT2D eigenvalue weighted by Gasteiger charge is -2.10. The van der Waals surface area contributed by atoms with Gasteiger partial charge in [-0.3, -0.25) is 4.98 Å². The van der Waals surface area contributed by atoms with E-state index in [0.29, 0.717) is 22.9 Å². The fourth-order valence-corrected chi connectivity index (χ4v) is 3.23. The van der Waals surface area contributed by atoms with Crippen LogP contribution >= 0.6 is 0 Å². The van der Waals surface area contributed by atoms with E-state index in [1.165, 1.54) is 12.1 Å². The first-order valence-electron chi connectivity index (χ1n) is 9.73. The Labute approximate surface area is 181 Å². The van der Waals surface area contributed by atoms with Crippen LogP contribution in [0.3, 0.4) is 0 Å². The number of carbonyl (C=O) groups excluding carboxylic acids is 1. The number of nitrogens with one attached hydrogen (secondary N) is 2. The van der Waals surface area contributed by atoms with Gasteiger partial charge in [0.15, 0.2) is 11.5 Å². The fraction of sp³-hybridized carbons (Fsp3) is 0. The second-order valence-corrected chi connectivity index (χ2v) is 6.89. The number of rotatable bonds is 4. The summed E-state index contributed by atoms with van der Waals surface area (Å²) in [5.41, 5.74) is 3.55. The molecule has 0 fully saturated rings. The third kappa shape index (κ3) is 3.86. The van der Waals surface area contributed by atoms with Crippen LogP contribution < -0.4 is 10.6 Å². The van der Waals surface area contributed by atoms with Crippen LogP contribution in [0.4, 0.5) is 20.6 Å². The maximum absolute atomic E-state index is 13.8. The van der Waals surface area contributed by atoms with E-state index < -0.39 is 11.8 Å². The van der Waals surface area contributed by atoms with Crippen molar-refractivity contribution in [2.24, 2.45) is 0 Å². The highest BCUT2D eigenvalue weighted by molar-refractivity contribution is 6.00. The lowest BCUT2D eigenvalue weighted by molar-refractivity contribution is 0.262. The molecule has 32 heavy (non-hydrogen) atoms. The minimum absolute atomic E-state index is 0.101. The third-order valence-electron chi connectivity index (χ3n) is 4.74. The molecule has 2 amide bonds. The molecule has 156 valence electrons. The highest BCUT2D eigenvalue weighted by atomic mass is 19.1. The molecule has 8 nitrogen and oxygen atoms in total. The molecular formula is C23H16FN7O. The first kappa shape index (κ1) is 19.3. The summed E-state index contributed by atoms with van der Waals surface area (Å²) in [5.74, 6) is 0.0932. The molecule has 3 aromatic heterocycles. The van der Waals surface area contributed by atoms with Gasteiger partial charge in [-0.1, -0.05) is 24.3 Å². The molecule has 5 aromatic rings. The van der Waals surface area contributed by atoms with Gasteiger partial charge in [-0.25, -0.2) is 9.18 Å². The van der Waals surface area contributed by atoms with Gasteiger partial charge in [0.05, 0.1) is 11.4 Å². The molecule has 0 unspecified atom stereocenters. The van der Waals surface area contributed by atoms with Gasteiger partial charge in [0, 0.05) is 29.2 Å². The van der Waals surface area contributed by atoms with Crippen molar-refractivity contribution >= 4 is 23.1 Å². The lowest BCUT2D eigenvalue weighted by atomic mass is 10.1. The average Bonchev–Trinajstić information content (AvgIpc) is 3.25. The van der Waals surface area contributed by atoms with Crippen molar-refractivity contribution < 1.29 is 9.18 Å². The number of fused-ring (bicyclic) bond motifs is 1. The highest BCUT2D eigenvalue weighted by Crippen LogP contribution is 2.23. The Bertz CT molecular complexity index is 1420. The van der Waals surface area contributed by atoms with Crippen LogP contribution in [-0.2, 0) is 0 Å². The van der Waals surface area contributed by atoms with Crippen molar-refractivity contribution in [1.82, 2.24) is 24.8 Å². The number of halogens is 1. The van der Waals surface area contributed by atoms with Crippen molar-refractivity contribution in [3.05, 3.63) is 91.0 Å². The lowest BCUT2D eigenvalue weighted by Crippen LogP contribution is -2.20. The normalized spacial score (nSPS) is 10.8. The summed E-state index contributed by atoms with van der Waals surface area (Å²) in [6.07, 6.45) is 3.36. The van der Waals surface area contributed by atoms with Crippen LogP contribution in [0.1, 0.15) is 0 Å². The summed E-state index contributed by atoms with van der Waals surface area (Å²) < 4.78 is 15.4. The van der Waals surface area contributed by atoms with Crippen LogP contribution in [0.25, 0.3) is 28.3 Å². The topological polar surface area (TPSA) is 97.1 Å². The summed E-state index contributed by atoms with van der Waals surface area (Å²) >= 11 is 0. The molecule has 0 aliphatic heterocycles. The molecule has 0 radical (unpaired) electrons. The summed E-state index contributed by atoms with van der Waals surface area (Å²) in [6, 6.07) is 20.0. The maximum atomic E-state index is 13.8. The predicted molar refractivity (Wildman–Crippen MR) is 118 cm³/mol. The van der Waals surface area contributed by atoms with Crippen molar-refractivity contribution in [3.63, 3.8) is 0 Å². The van der Waals surface area contributed by atoms with E-state index in [4.69, 9.17) is 0 Å². The van der Waals surface area contributed by atoms with Gasteiger partial charge in [-0.2, -0.15) is 9.61 Å². The number of pyridine rings is 1. The Morgan fingerprint density at radius 1 is 0.844 bits per heavy atom.